The minimum absolute atomic E-state index is 0.0123. The highest BCUT2D eigenvalue weighted by molar-refractivity contribution is 7.45. The van der Waals surface area contributed by atoms with Crippen molar-refractivity contribution in [2.45, 2.75) is 187 Å². The Balaban J connectivity index is 4.27. The van der Waals surface area contributed by atoms with E-state index in [0.29, 0.717) is 24.1 Å². The molecular weight excluding hydrogens is 782 g/mol. The molecule has 0 fully saturated rings. The highest BCUT2D eigenvalue weighted by Crippen LogP contribution is 2.38. The van der Waals surface area contributed by atoms with E-state index in [1.54, 1.807) is 0 Å². The first-order valence-electron chi connectivity index (χ1n) is 24.3. The van der Waals surface area contributed by atoms with Crippen molar-refractivity contribution in [3.63, 3.8) is 0 Å². The minimum Gasteiger partial charge on any atom is -0.756 e. The van der Waals surface area contributed by atoms with Gasteiger partial charge in [-0.2, -0.15) is 0 Å². The highest BCUT2D eigenvalue weighted by atomic mass is 31.2. The van der Waals surface area contributed by atoms with Crippen LogP contribution in [0.3, 0.4) is 0 Å². The molecule has 0 aromatic heterocycles. The van der Waals surface area contributed by atoms with Gasteiger partial charge < -0.3 is 27.9 Å². The van der Waals surface area contributed by atoms with Crippen LogP contribution in [-0.4, -0.2) is 70.7 Å². The van der Waals surface area contributed by atoms with Crippen LogP contribution in [-0.2, 0) is 27.9 Å². The summed E-state index contributed by atoms with van der Waals surface area (Å²) in [6.45, 7) is 5.16. The maximum absolute atomic E-state index is 12.7. The van der Waals surface area contributed by atoms with Crippen molar-refractivity contribution >= 4 is 13.8 Å². The second-order valence-electron chi connectivity index (χ2n) is 17.1. The summed E-state index contributed by atoms with van der Waals surface area (Å²) in [4.78, 5) is 25.1. The number of esters is 1. The van der Waals surface area contributed by atoms with Crippen molar-refractivity contribution in [3.8, 4) is 0 Å². The maximum Gasteiger partial charge on any atom is 0.306 e. The van der Waals surface area contributed by atoms with Crippen LogP contribution >= 0.6 is 7.82 Å². The van der Waals surface area contributed by atoms with Crippen molar-refractivity contribution in [2.75, 3.05) is 54.1 Å². The molecule has 2 unspecified atom stereocenters. The molecule has 0 bridgehead atoms. The zero-order valence-electron chi connectivity index (χ0n) is 39.8. The smallest absolute Gasteiger partial charge is 0.306 e. The number of rotatable bonds is 44. The predicted molar refractivity (Wildman–Crippen MR) is 258 cm³/mol. The van der Waals surface area contributed by atoms with Crippen molar-refractivity contribution in [3.05, 3.63) is 85.1 Å². The maximum atomic E-state index is 12.7. The number of hydrogen-bond acceptors (Lipinski definition) is 7. The van der Waals surface area contributed by atoms with E-state index in [2.05, 4.69) is 98.9 Å². The zero-order valence-corrected chi connectivity index (χ0v) is 40.7. The molecular formula is C52H92NO7P. The van der Waals surface area contributed by atoms with Gasteiger partial charge in [-0.1, -0.05) is 170 Å². The van der Waals surface area contributed by atoms with Crippen molar-refractivity contribution < 1.29 is 37.3 Å². The standard InChI is InChI=1S/C52H92NO7P/c1-6-8-10-12-14-16-18-20-22-24-26-27-28-29-31-33-35-37-39-41-43-45-52(54)60-51(50-59-61(55,56)58-48-46-53(3,4)5)49-57-47-44-42-40-38-36-34-32-30-25-23-21-19-17-15-13-11-9-7-2/h9,11,15,17-18,20-21,23-24,26,30,32,36,38,51H,6-8,10,12-14,16,19,22,25,27-29,31,33-35,37,39-50H2,1-5H3/b11-9-,17-15-,20-18-,23-21-,26-24-,32-30-,38-36-. The van der Waals surface area contributed by atoms with E-state index >= 15 is 0 Å². The third-order valence-electron chi connectivity index (χ3n) is 9.93. The Labute approximate surface area is 375 Å². The van der Waals surface area contributed by atoms with Crippen LogP contribution in [0.4, 0.5) is 0 Å². The molecule has 2 atom stereocenters. The lowest BCUT2D eigenvalue weighted by Gasteiger charge is -2.28. The molecule has 8 nitrogen and oxygen atoms in total. The Kier molecular flexibility index (Phi) is 42.6. The second kappa shape index (κ2) is 44.3. The first kappa shape index (κ1) is 58.7. The van der Waals surface area contributed by atoms with Crippen LogP contribution in [0.2, 0.25) is 0 Å². The Bertz CT molecular complexity index is 1250. The highest BCUT2D eigenvalue weighted by Gasteiger charge is 2.20. The molecule has 9 heteroatoms. The molecule has 0 aromatic rings. The van der Waals surface area contributed by atoms with E-state index in [1.807, 2.05) is 21.1 Å². The number of carbonyl (C=O) groups is 1. The van der Waals surface area contributed by atoms with Crippen LogP contribution in [0.25, 0.3) is 0 Å². The van der Waals surface area contributed by atoms with E-state index in [0.717, 1.165) is 77.0 Å². The van der Waals surface area contributed by atoms with E-state index in [4.69, 9.17) is 18.5 Å². The fourth-order valence-corrected chi connectivity index (χ4v) is 6.92. The van der Waals surface area contributed by atoms with Crippen LogP contribution in [0.15, 0.2) is 85.1 Å². The van der Waals surface area contributed by atoms with Crippen molar-refractivity contribution in [2.24, 2.45) is 0 Å². The molecule has 0 aromatic carbocycles. The van der Waals surface area contributed by atoms with Crippen LogP contribution in [0.1, 0.15) is 181 Å². The van der Waals surface area contributed by atoms with Crippen LogP contribution < -0.4 is 4.89 Å². The molecule has 0 rings (SSSR count). The first-order chi connectivity index (χ1) is 29.6. The van der Waals surface area contributed by atoms with Gasteiger partial charge in [0.25, 0.3) is 7.82 Å². The van der Waals surface area contributed by atoms with Crippen LogP contribution in [0, 0.1) is 0 Å². The van der Waals surface area contributed by atoms with Crippen molar-refractivity contribution in [1.82, 2.24) is 0 Å². The van der Waals surface area contributed by atoms with Gasteiger partial charge >= 0.3 is 5.97 Å². The molecule has 0 aliphatic rings. The van der Waals surface area contributed by atoms with Gasteiger partial charge in [-0.05, 0) is 89.9 Å². The third kappa shape index (κ3) is 48.6. The van der Waals surface area contributed by atoms with Gasteiger partial charge in [0, 0.05) is 13.0 Å². The Morgan fingerprint density at radius 3 is 1.43 bits per heavy atom. The van der Waals surface area contributed by atoms with Gasteiger partial charge in [-0.25, -0.2) is 0 Å². The summed E-state index contributed by atoms with van der Waals surface area (Å²) < 4.78 is 34.6. The van der Waals surface area contributed by atoms with Gasteiger partial charge in [0.1, 0.15) is 19.3 Å². The minimum atomic E-state index is -4.55. The Morgan fingerprint density at radius 1 is 0.525 bits per heavy atom. The normalized spacial score (nSPS) is 14.4. The molecule has 0 aliphatic heterocycles. The average molecular weight is 874 g/mol. The summed E-state index contributed by atoms with van der Waals surface area (Å²) in [5.41, 5.74) is 0. The number of nitrogens with zero attached hydrogens (tertiary/aromatic N) is 1. The number of unbranched alkanes of at least 4 members (excludes halogenated alkanes) is 16. The van der Waals surface area contributed by atoms with E-state index < -0.39 is 13.9 Å². The number of phosphoric acid groups is 1. The lowest BCUT2D eigenvalue weighted by Crippen LogP contribution is -2.37. The summed E-state index contributed by atoms with van der Waals surface area (Å²) in [5, 5.41) is 0. The van der Waals surface area contributed by atoms with Crippen LogP contribution in [0.5, 0.6) is 0 Å². The Morgan fingerprint density at radius 2 is 0.951 bits per heavy atom. The molecule has 0 amide bonds. The Hall–Kier alpha value is -2.32. The monoisotopic (exact) mass is 874 g/mol. The molecule has 0 radical (unpaired) electrons. The number of hydrogen-bond donors (Lipinski definition) is 0. The van der Waals surface area contributed by atoms with E-state index in [-0.39, 0.29) is 25.8 Å². The van der Waals surface area contributed by atoms with Crippen molar-refractivity contribution in [1.29, 1.82) is 0 Å². The van der Waals surface area contributed by atoms with Gasteiger partial charge in [0.05, 0.1) is 34.4 Å². The quantitative estimate of drug-likeness (QED) is 0.0198. The molecule has 0 saturated carbocycles. The molecule has 0 spiro atoms. The number of ether oxygens (including phenoxy) is 2. The lowest BCUT2D eigenvalue weighted by atomic mass is 10.1. The lowest BCUT2D eigenvalue weighted by molar-refractivity contribution is -0.870. The van der Waals surface area contributed by atoms with E-state index in [1.165, 1.54) is 83.5 Å². The molecule has 0 aliphatic carbocycles. The second-order valence-corrected chi connectivity index (χ2v) is 18.5. The van der Waals surface area contributed by atoms with Gasteiger partial charge in [-0.15, -0.1) is 0 Å². The largest absolute Gasteiger partial charge is 0.756 e. The number of carbonyl (C=O) groups excluding carboxylic acids is 1. The zero-order chi connectivity index (χ0) is 44.8. The van der Waals surface area contributed by atoms with Gasteiger partial charge in [0.2, 0.25) is 0 Å². The summed E-state index contributed by atoms with van der Waals surface area (Å²) >= 11 is 0. The fraction of sp³-hybridized carbons (Fsp3) is 0.712. The predicted octanol–water partition coefficient (Wildman–Crippen LogP) is 14.2. The topological polar surface area (TPSA) is 94.1 Å². The first-order valence-corrected chi connectivity index (χ1v) is 25.8. The summed E-state index contributed by atoms with van der Waals surface area (Å²) in [6.07, 6.45) is 58.9. The molecule has 0 N–H and O–H groups in total. The number of allylic oxidation sites excluding steroid dienone is 14. The summed E-state index contributed by atoms with van der Waals surface area (Å²) in [5.74, 6) is -0.356. The molecule has 0 saturated heterocycles. The number of likely N-dealkylation sites (N-methyl/N-ethyl adjacent to an activating group) is 1. The fourth-order valence-electron chi connectivity index (χ4n) is 6.19. The van der Waals surface area contributed by atoms with E-state index in [9.17, 15) is 14.3 Å². The van der Waals surface area contributed by atoms with Gasteiger partial charge in [-0.3, -0.25) is 9.36 Å². The summed E-state index contributed by atoms with van der Waals surface area (Å²) in [7, 11) is 1.31. The molecule has 61 heavy (non-hydrogen) atoms. The molecule has 352 valence electrons. The third-order valence-corrected chi connectivity index (χ3v) is 10.9. The summed E-state index contributed by atoms with van der Waals surface area (Å²) in [6, 6.07) is 0. The molecule has 0 heterocycles. The average Bonchev–Trinajstić information content (AvgIpc) is 3.22. The SMILES string of the molecule is CC/C=C\C/C=C\C/C=C\C/C=C\C/C=C\CCCCOCC(COP(=O)([O-])OCC[N+](C)(C)C)OC(=O)CCCCCCCCCCC/C=C\C/C=C\CCCCCCC. The number of quaternary nitrogens is 1. The van der Waals surface area contributed by atoms with Gasteiger partial charge in [0.15, 0.2) is 0 Å². The number of phosphoric ester groups is 1.